The second-order valence-corrected chi connectivity index (χ2v) is 6.47. The lowest BCUT2D eigenvalue weighted by atomic mass is 9.79. The summed E-state index contributed by atoms with van der Waals surface area (Å²) in [6.07, 6.45) is 7.98. The smallest absolute Gasteiger partial charge is 0.222 e. The molecule has 1 amide bonds. The first kappa shape index (κ1) is 15.8. The zero-order chi connectivity index (χ0) is 14.5. The molecule has 116 valence electrons. The van der Waals surface area contributed by atoms with Crippen molar-refractivity contribution in [2.24, 2.45) is 17.6 Å². The summed E-state index contributed by atoms with van der Waals surface area (Å²) in [6, 6.07) is 0.365. The van der Waals surface area contributed by atoms with Gasteiger partial charge in [-0.25, -0.2) is 0 Å². The Balaban J connectivity index is 1.77. The summed E-state index contributed by atoms with van der Waals surface area (Å²) in [5, 5.41) is 0. The van der Waals surface area contributed by atoms with Gasteiger partial charge in [0.1, 0.15) is 0 Å². The van der Waals surface area contributed by atoms with Crippen LogP contribution in [-0.4, -0.2) is 43.2 Å². The van der Waals surface area contributed by atoms with Gasteiger partial charge in [-0.05, 0) is 51.0 Å². The summed E-state index contributed by atoms with van der Waals surface area (Å²) in [5.74, 6) is 1.33. The van der Waals surface area contributed by atoms with Crippen molar-refractivity contribution in [3.05, 3.63) is 0 Å². The van der Waals surface area contributed by atoms with Crippen LogP contribution in [-0.2, 0) is 9.53 Å². The molecule has 2 rings (SSSR count). The highest BCUT2D eigenvalue weighted by Gasteiger charge is 2.34. The fraction of sp³-hybridized carbons (Fsp3) is 0.938. The lowest BCUT2D eigenvalue weighted by molar-refractivity contribution is -0.137. The average molecular weight is 282 g/mol. The van der Waals surface area contributed by atoms with Crippen LogP contribution in [0, 0.1) is 11.8 Å². The average Bonchev–Trinajstić information content (AvgIpc) is 2.44. The van der Waals surface area contributed by atoms with Crippen molar-refractivity contribution in [1.82, 2.24) is 4.90 Å². The number of nitrogens with two attached hydrogens (primary N) is 1. The van der Waals surface area contributed by atoms with E-state index in [1.54, 1.807) is 0 Å². The first-order valence-corrected chi connectivity index (χ1v) is 8.23. The highest BCUT2D eigenvalue weighted by Crippen LogP contribution is 2.34. The molecule has 2 unspecified atom stereocenters. The Morgan fingerprint density at radius 1 is 1.30 bits per heavy atom. The number of hydrogen-bond acceptors (Lipinski definition) is 3. The van der Waals surface area contributed by atoms with E-state index in [9.17, 15) is 4.79 Å². The molecule has 0 saturated heterocycles. The molecular formula is C16H30N2O2. The van der Waals surface area contributed by atoms with E-state index >= 15 is 0 Å². The highest BCUT2D eigenvalue weighted by molar-refractivity contribution is 5.76. The fourth-order valence-corrected chi connectivity index (χ4v) is 3.76. The Bertz CT molecular complexity index is 316. The van der Waals surface area contributed by atoms with Crippen LogP contribution in [0.5, 0.6) is 0 Å². The van der Waals surface area contributed by atoms with Crippen LogP contribution in [0.2, 0.25) is 0 Å². The maximum absolute atomic E-state index is 12.4. The van der Waals surface area contributed by atoms with Gasteiger partial charge < -0.3 is 15.4 Å². The second kappa shape index (κ2) is 7.41. The van der Waals surface area contributed by atoms with Crippen molar-refractivity contribution in [1.29, 1.82) is 0 Å². The third kappa shape index (κ3) is 3.73. The van der Waals surface area contributed by atoms with E-state index in [4.69, 9.17) is 10.5 Å². The van der Waals surface area contributed by atoms with Gasteiger partial charge in [0.05, 0.1) is 6.10 Å². The summed E-state index contributed by atoms with van der Waals surface area (Å²) in [7, 11) is 1.97. The summed E-state index contributed by atoms with van der Waals surface area (Å²) in [4.78, 5) is 14.4. The van der Waals surface area contributed by atoms with Crippen LogP contribution in [0.4, 0.5) is 0 Å². The number of amides is 1. The van der Waals surface area contributed by atoms with E-state index in [-0.39, 0.29) is 0 Å². The van der Waals surface area contributed by atoms with Crippen molar-refractivity contribution in [3.8, 4) is 0 Å². The van der Waals surface area contributed by atoms with Crippen LogP contribution in [0.3, 0.4) is 0 Å². The van der Waals surface area contributed by atoms with Gasteiger partial charge in [0.2, 0.25) is 5.91 Å². The van der Waals surface area contributed by atoms with Crippen molar-refractivity contribution in [2.45, 2.75) is 64.0 Å². The van der Waals surface area contributed by atoms with Gasteiger partial charge in [0, 0.05) is 26.1 Å². The molecule has 0 aliphatic heterocycles. The molecule has 2 aliphatic carbocycles. The van der Waals surface area contributed by atoms with Crippen molar-refractivity contribution >= 4 is 5.91 Å². The predicted octanol–water partition coefficient (Wildman–Crippen LogP) is 2.17. The van der Waals surface area contributed by atoms with Gasteiger partial charge in [-0.15, -0.1) is 0 Å². The third-order valence-corrected chi connectivity index (χ3v) is 5.12. The van der Waals surface area contributed by atoms with Crippen molar-refractivity contribution in [3.63, 3.8) is 0 Å². The van der Waals surface area contributed by atoms with Crippen LogP contribution in [0.25, 0.3) is 0 Å². The van der Waals surface area contributed by atoms with Crippen LogP contribution in [0.1, 0.15) is 51.9 Å². The molecule has 4 nitrogen and oxygen atoms in total. The summed E-state index contributed by atoms with van der Waals surface area (Å²) in [6.45, 7) is 3.52. The van der Waals surface area contributed by atoms with Crippen molar-refractivity contribution < 1.29 is 9.53 Å². The first-order chi connectivity index (χ1) is 9.65. The van der Waals surface area contributed by atoms with E-state index in [0.717, 1.165) is 25.9 Å². The molecule has 0 aromatic heterocycles. The SMILES string of the molecule is CCOC1CC(CC(=O)N(C)C2CCCCC2CN)C1. The van der Waals surface area contributed by atoms with Gasteiger partial charge in [0.25, 0.3) is 0 Å². The Kier molecular flexibility index (Phi) is 5.85. The van der Waals surface area contributed by atoms with Gasteiger partial charge in [-0.3, -0.25) is 4.79 Å². The number of carbonyl (C=O) groups is 1. The molecule has 0 radical (unpaired) electrons. The minimum atomic E-state index is 0.301. The lowest BCUT2D eigenvalue weighted by Crippen LogP contribution is -2.47. The summed E-state index contributed by atoms with van der Waals surface area (Å²) in [5.41, 5.74) is 5.87. The molecule has 0 aromatic carbocycles. The molecule has 4 heteroatoms. The summed E-state index contributed by atoms with van der Waals surface area (Å²) < 4.78 is 5.56. The second-order valence-electron chi connectivity index (χ2n) is 6.47. The zero-order valence-electron chi connectivity index (χ0n) is 13.0. The first-order valence-electron chi connectivity index (χ1n) is 8.23. The Morgan fingerprint density at radius 3 is 2.65 bits per heavy atom. The highest BCUT2D eigenvalue weighted by atomic mass is 16.5. The molecule has 0 aromatic rings. The Morgan fingerprint density at radius 2 is 2.00 bits per heavy atom. The Labute approximate surface area is 123 Å². The Hall–Kier alpha value is -0.610. The molecular weight excluding hydrogens is 252 g/mol. The predicted molar refractivity (Wildman–Crippen MR) is 80.3 cm³/mol. The molecule has 2 atom stereocenters. The molecule has 0 heterocycles. The number of hydrogen-bond donors (Lipinski definition) is 1. The zero-order valence-corrected chi connectivity index (χ0v) is 13.0. The fourth-order valence-electron chi connectivity index (χ4n) is 3.76. The van der Waals surface area contributed by atoms with Gasteiger partial charge >= 0.3 is 0 Å². The number of nitrogens with zero attached hydrogens (tertiary/aromatic N) is 1. The minimum absolute atomic E-state index is 0.301. The largest absolute Gasteiger partial charge is 0.378 e. The normalized spacial score (nSPS) is 33.5. The molecule has 20 heavy (non-hydrogen) atoms. The standard InChI is InChI=1S/C16H30N2O2/c1-3-20-14-8-12(9-14)10-16(19)18(2)15-7-5-4-6-13(15)11-17/h12-15H,3-11,17H2,1-2H3. The molecule has 2 N–H and O–H groups in total. The van der Waals surface area contributed by atoms with Gasteiger partial charge in [-0.1, -0.05) is 12.8 Å². The lowest BCUT2D eigenvalue weighted by Gasteiger charge is -2.40. The molecule has 2 aliphatic rings. The minimum Gasteiger partial charge on any atom is -0.378 e. The quantitative estimate of drug-likeness (QED) is 0.812. The van der Waals surface area contributed by atoms with Crippen molar-refractivity contribution in [2.75, 3.05) is 20.2 Å². The van der Waals surface area contributed by atoms with Crippen LogP contribution in [0.15, 0.2) is 0 Å². The summed E-state index contributed by atoms with van der Waals surface area (Å²) >= 11 is 0. The molecule has 0 bridgehead atoms. The molecule has 2 saturated carbocycles. The van der Waals surface area contributed by atoms with Crippen LogP contribution >= 0.6 is 0 Å². The molecule has 0 spiro atoms. The van der Waals surface area contributed by atoms with E-state index in [0.29, 0.717) is 42.9 Å². The molecule has 2 fully saturated rings. The number of rotatable bonds is 6. The van der Waals surface area contributed by atoms with E-state index in [1.807, 2.05) is 18.9 Å². The number of carbonyl (C=O) groups excluding carboxylic acids is 1. The number of ether oxygens (including phenoxy) is 1. The monoisotopic (exact) mass is 282 g/mol. The van der Waals surface area contributed by atoms with E-state index in [1.165, 1.54) is 19.3 Å². The third-order valence-electron chi connectivity index (χ3n) is 5.12. The van der Waals surface area contributed by atoms with E-state index < -0.39 is 0 Å². The van der Waals surface area contributed by atoms with Crippen LogP contribution < -0.4 is 5.73 Å². The maximum Gasteiger partial charge on any atom is 0.222 e. The van der Waals surface area contributed by atoms with E-state index in [2.05, 4.69) is 0 Å². The topological polar surface area (TPSA) is 55.6 Å². The van der Waals surface area contributed by atoms with Gasteiger partial charge in [0.15, 0.2) is 0 Å². The van der Waals surface area contributed by atoms with Gasteiger partial charge in [-0.2, -0.15) is 0 Å². The maximum atomic E-state index is 12.4.